The highest BCUT2D eigenvalue weighted by atomic mass is 35.5. The topological polar surface area (TPSA) is 79.0 Å². The van der Waals surface area contributed by atoms with Gasteiger partial charge in [0, 0.05) is 5.02 Å². The summed E-state index contributed by atoms with van der Waals surface area (Å²) in [4.78, 5) is 40.4. The minimum absolute atomic E-state index is 0.0515. The van der Waals surface area contributed by atoms with Gasteiger partial charge in [0.2, 0.25) is 17.7 Å². The van der Waals surface area contributed by atoms with E-state index in [2.05, 4.69) is 5.32 Å². The number of carbonyl (C=O) groups excluding carboxylic acids is 3. The molecule has 2 aromatic rings. The second-order valence-electron chi connectivity index (χ2n) is 6.83. The minimum atomic E-state index is -0.668. The number of imide groups is 1. The molecule has 1 heterocycles. The Bertz CT molecular complexity index is 919. The van der Waals surface area contributed by atoms with E-state index in [4.69, 9.17) is 16.3 Å². The Kier molecular flexibility index (Phi) is 6.51. The van der Waals surface area contributed by atoms with Crippen molar-refractivity contribution in [2.75, 3.05) is 26.0 Å². The highest BCUT2D eigenvalue weighted by molar-refractivity contribution is 6.31. The third-order valence-corrected chi connectivity index (χ3v) is 5.00. The quantitative estimate of drug-likeness (QED) is 0.703. The van der Waals surface area contributed by atoms with E-state index < -0.39 is 6.04 Å². The first-order valence-corrected chi connectivity index (χ1v) is 9.48. The van der Waals surface area contributed by atoms with E-state index in [0.717, 1.165) is 5.56 Å². The number of anilines is 1. The van der Waals surface area contributed by atoms with Crippen LogP contribution in [0.25, 0.3) is 0 Å². The van der Waals surface area contributed by atoms with E-state index in [1.165, 1.54) is 12.0 Å². The second-order valence-corrected chi connectivity index (χ2v) is 7.27. The van der Waals surface area contributed by atoms with Crippen molar-refractivity contribution in [3.05, 3.63) is 59.1 Å². The third kappa shape index (κ3) is 4.93. The smallest absolute Gasteiger partial charge is 0.247 e. The van der Waals surface area contributed by atoms with Gasteiger partial charge in [-0.1, -0.05) is 41.9 Å². The van der Waals surface area contributed by atoms with Gasteiger partial charge in [-0.3, -0.25) is 24.2 Å². The summed E-state index contributed by atoms with van der Waals surface area (Å²) in [7, 11) is 3.14. The van der Waals surface area contributed by atoms with Crippen LogP contribution in [-0.2, 0) is 20.9 Å². The zero-order valence-corrected chi connectivity index (χ0v) is 17.0. The summed E-state index contributed by atoms with van der Waals surface area (Å²) < 4.78 is 5.22. The van der Waals surface area contributed by atoms with Gasteiger partial charge in [-0.2, -0.15) is 0 Å². The molecule has 1 atom stereocenters. The molecule has 1 N–H and O–H groups in total. The maximum atomic E-state index is 12.7. The monoisotopic (exact) mass is 415 g/mol. The van der Waals surface area contributed by atoms with Crippen molar-refractivity contribution < 1.29 is 19.1 Å². The summed E-state index contributed by atoms with van der Waals surface area (Å²) in [5.41, 5.74) is 1.32. The van der Waals surface area contributed by atoms with E-state index in [1.807, 2.05) is 30.3 Å². The van der Waals surface area contributed by atoms with Gasteiger partial charge in [0.15, 0.2) is 0 Å². The maximum Gasteiger partial charge on any atom is 0.247 e. The number of hydrogen-bond donors (Lipinski definition) is 1. The van der Waals surface area contributed by atoms with Crippen molar-refractivity contribution >= 4 is 35.0 Å². The number of likely N-dealkylation sites (N-methyl/N-ethyl adjacent to an activating group) is 1. The van der Waals surface area contributed by atoms with Crippen molar-refractivity contribution in [3.63, 3.8) is 0 Å². The summed E-state index contributed by atoms with van der Waals surface area (Å²) >= 11 is 5.98. The highest BCUT2D eigenvalue weighted by Crippen LogP contribution is 2.28. The predicted octanol–water partition coefficient (Wildman–Crippen LogP) is 2.55. The fourth-order valence-electron chi connectivity index (χ4n) is 3.25. The van der Waals surface area contributed by atoms with Crippen molar-refractivity contribution in [2.45, 2.75) is 19.0 Å². The molecule has 1 saturated heterocycles. The molecule has 1 aliphatic rings. The highest BCUT2D eigenvalue weighted by Gasteiger charge is 2.41. The molecule has 29 heavy (non-hydrogen) atoms. The van der Waals surface area contributed by atoms with Crippen LogP contribution in [0.3, 0.4) is 0 Å². The summed E-state index contributed by atoms with van der Waals surface area (Å²) in [5.74, 6) is -0.400. The number of carbonyl (C=O) groups is 3. The molecule has 8 heteroatoms. The van der Waals surface area contributed by atoms with E-state index in [1.54, 1.807) is 30.1 Å². The number of hydrogen-bond acceptors (Lipinski definition) is 5. The zero-order chi connectivity index (χ0) is 21.0. The molecule has 0 spiro atoms. The Labute approximate surface area is 174 Å². The largest absolute Gasteiger partial charge is 0.495 e. The number of nitrogens with zero attached hydrogens (tertiary/aromatic N) is 2. The Hall–Kier alpha value is -2.90. The lowest BCUT2D eigenvalue weighted by Crippen LogP contribution is -2.43. The van der Waals surface area contributed by atoms with Gasteiger partial charge in [0.25, 0.3) is 0 Å². The third-order valence-electron chi connectivity index (χ3n) is 4.76. The molecule has 1 aliphatic heterocycles. The standard InChI is InChI=1S/C21H22ClN3O4/c1-24(13-19(26)23-16-10-15(22)8-9-18(16)29-2)17-11-20(27)25(21(17)28)12-14-6-4-3-5-7-14/h3-10,17H,11-13H2,1-2H3,(H,23,26)/t17-/m0/s1. The fourth-order valence-corrected chi connectivity index (χ4v) is 3.42. The van der Waals surface area contributed by atoms with Gasteiger partial charge in [0.1, 0.15) is 5.75 Å². The molecule has 0 bridgehead atoms. The molecule has 3 rings (SSSR count). The lowest BCUT2D eigenvalue weighted by molar-refractivity contribution is -0.140. The molecule has 0 saturated carbocycles. The average molecular weight is 416 g/mol. The average Bonchev–Trinajstić information content (AvgIpc) is 2.97. The van der Waals surface area contributed by atoms with Crippen LogP contribution in [0.5, 0.6) is 5.75 Å². The number of likely N-dealkylation sites (tertiary alicyclic amines) is 1. The van der Waals surface area contributed by atoms with Gasteiger partial charge < -0.3 is 10.1 Å². The van der Waals surface area contributed by atoms with Crippen LogP contribution in [0.1, 0.15) is 12.0 Å². The van der Waals surface area contributed by atoms with Crippen LogP contribution in [0.15, 0.2) is 48.5 Å². The first kappa shape index (κ1) is 20.8. The molecule has 0 aromatic heterocycles. The first-order chi connectivity index (χ1) is 13.9. The summed E-state index contributed by atoms with van der Waals surface area (Å²) in [6.45, 7) is 0.174. The molecule has 0 radical (unpaired) electrons. The number of rotatable bonds is 7. The molecule has 0 unspecified atom stereocenters. The molecule has 7 nitrogen and oxygen atoms in total. The van der Waals surface area contributed by atoms with E-state index in [0.29, 0.717) is 16.5 Å². The van der Waals surface area contributed by atoms with Crippen LogP contribution in [0, 0.1) is 0 Å². The summed E-state index contributed by atoms with van der Waals surface area (Å²) in [6, 6.07) is 13.6. The Balaban J connectivity index is 1.62. The maximum absolute atomic E-state index is 12.7. The fraction of sp³-hybridized carbons (Fsp3) is 0.286. The number of amides is 3. The molecule has 2 aromatic carbocycles. The van der Waals surface area contributed by atoms with E-state index in [9.17, 15) is 14.4 Å². The van der Waals surface area contributed by atoms with Gasteiger partial charge >= 0.3 is 0 Å². The molecule has 0 aliphatic carbocycles. The lowest BCUT2D eigenvalue weighted by atomic mass is 10.2. The zero-order valence-electron chi connectivity index (χ0n) is 16.2. The number of benzene rings is 2. The second kappa shape index (κ2) is 9.07. The number of ether oxygens (including phenoxy) is 1. The number of halogens is 1. The van der Waals surface area contributed by atoms with Crippen molar-refractivity contribution in [3.8, 4) is 5.75 Å². The van der Waals surface area contributed by atoms with Crippen molar-refractivity contribution in [2.24, 2.45) is 0 Å². The minimum Gasteiger partial charge on any atom is -0.495 e. The van der Waals surface area contributed by atoms with Crippen molar-refractivity contribution in [1.82, 2.24) is 9.80 Å². The van der Waals surface area contributed by atoms with Crippen LogP contribution in [0.2, 0.25) is 5.02 Å². The van der Waals surface area contributed by atoms with Crippen LogP contribution in [-0.4, -0.2) is 54.3 Å². The first-order valence-electron chi connectivity index (χ1n) is 9.11. The number of methoxy groups -OCH3 is 1. The molecule has 152 valence electrons. The number of nitrogens with one attached hydrogen (secondary N) is 1. The van der Waals surface area contributed by atoms with Gasteiger partial charge in [-0.15, -0.1) is 0 Å². The lowest BCUT2D eigenvalue weighted by Gasteiger charge is -2.22. The normalized spacial score (nSPS) is 16.4. The van der Waals surface area contributed by atoms with E-state index >= 15 is 0 Å². The van der Waals surface area contributed by atoms with Crippen molar-refractivity contribution in [1.29, 1.82) is 0 Å². The molecule has 1 fully saturated rings. The van der Waals surface area contributed by atoms with Gasteiger partial charge in [-0.25, -0.2) is 0 Å². The summed E-state index contributed by atoms with van der Waals surface area (Å²) in [6.07, 6.45) is 0.0515. The van der Waals surface area contributed by atoms with Gasteiger partial charge in [-0.05, 0) is 30.8 Å². The molecular formula is C21H22ClN3O4. The van der Waals surface area contributed by atoms with Crippen LogP contribution < -0.4 is 10.1 Å². The SMILES string of the molecule is COc1ccc(Cl)cc1NC(=O)CN(C)[C@H]1CC(=O)N(Cc2ccccc2)C1=O. The van der Waals surface area contributed by atoms with E-state index in [-0.39, 0.29) is 37.2 Å². The molecule has 3 amide bonds. The van der Waals surface area contributed by atoms with Gasteiger partial charge in [0.05, 0.1) is 38.3 Å². The Morgan fingerprint density at radius 3 is 2.66 bits per heavy atom. The predicted molar refractivity (Wildman–Crippen MR) is 110 cm³/mol. The van der Waals surface area contributed by atoms with Crippen LogP contribution >= 0.6 is 11.6 Å². The Morgan fingerprint density at radius 2 is 1.97 bits per heavy atom. The Morgan fingerprint density at radius 1 is 1.24 bits per heavy atom. The summed E-state index contributed by atoms with van der Waals surface area (Å²) in [5, 5.41) is 3.19. The molecular weight excluding hydrogens is 394 g/mol. The van der Waals surface area contributed by atoms with Crippen LogP contribution in [0.4, 0.5) is 5.69 Å².